The summed E-state index contributed by atoms with van der Waals surface area (Å²) in [5.41, 5.74) is 2.25. The maximum Gasteiger partial charge on any atom is 0.267 e. The zero-order valence-corrected chi connectivity index (χ0v) is 23.3. The average molecular weight is 568 g/mol. The molecule has 206 valence electrons. The van der Waals surface area contributed by atoms with Crippen LogP contribution in [-0.4, -0.2) is 23.9 Å². The number of aryl methyl sites for hydroxylation is 1. The second-order valence-electron chi connectivity index (χ2n) is 9.02. The van der Waals surface area contributed by atoms with Crippen LogP contribution >= 0.6 is 11.3 Å². The van der Waals surface area contributed by atoms with Gasteiger partial charge in [0.1, 0.15) is 21.4 Å². The van der Waals surface area contributed by atoms with Crippen LogP contribution in [0.4, 0.5) is 15.8 Å². The first-order valence-electron chi connectivity index (χ1n) is 12.7. The number of benzene rings is 4. The molecule has 1 heterocycles. The van der Waals surface area contributed by atoms with Gasteiger partial charge < -0.3 is 20.1 Å². The number of aromatic nitrogens is 1. The molecule has 0 atom stereocenters. The van der Waals surface area contributed by atoms with Crippen LogP contribution in [0.15, 0.2) is 91.0 Å². The number of halogens is 1. The van der Waals surface area contributed by atoms with Crippen molar-refractivity contribution in [3.05, 3.63) is 107 Å². The first kappa shape index (κ1) is 27.5. The van der Waals surface area contributed by atoms with E-state index in [9.17, 15) is 9.59 Å². The van der Waals surface area contributed by atoms with Gasteiger partial charge >= 0.3 is 0 Å². The van der Waals surface area contributed by atoms with Gasteiger partial charge in [-0.2, -0.15) is 0 Å². The van der Waals surface area contributed by atoms with Gasteiger partial charge in [-0.25, -0.2) is 9.37 Å². The van der Waals surface area contributed by atoms with E-state index in [4.69, 9.17) is 9.47 Å². The summed E-state index contributed by atoms with van der Waals surface area (Å²) in [5, 5.41) is 7.70. The highest BCUT2D eigenvalue weighted by molar-refractivity contribution is 7.17. The second kappa shape index (κ2) is 12.0. The molecule has 0 saturated carbocycles. The minimum atomic E-state index is -0.652. The molecular formula is C32H26FN3O4S. The number of hydrogen-bond acceptors (Lipinski definition) is 6. The topological polar surface area (TPSA) is 89.6 Å². The van der Waals surface area contributed by atoms with E-state index in [0.29, 0.717) is 33.1 Å². The lowest BCUT2D eigenvalue weighted by Gasteiger charge is -2.14. The van der Waals surface area contributed by atoms with Crippen LogP contribution in [0.25, 0.3) is 21.3 Å². The summed E-state index contributed by atoms with van der Waals surface area (Å²) >= 11 is 1.28. The lowest BCUT2D eigenvalue weighted by molar-refractivity contribution is -0.111. The third-order valence-corrected chi connectivity index (χ3v) is 7.37. The molecule has 0 unspecified atom stereocenters. The van der Waals surface area contributed by atoms with Gasteiger partial charge in [0.05, 0.1) is 18.5 Å². The smallest absolute Gasteiger partial charge is 0.267 e. The standard InChI is InChI=1S/C32H26FN3O4S/c1-4-9-29(37)36-25-18-23-21(16-28(25)39-3)12-8-13-26(23)40-27-15-14-22(17-24(27)33)35-31(38)30-19(2)34-32(41-30)20-10-6-5-7-11-20/h4-18H,1-3H3,(H,35,38)(H,36,37)/b9-4+. The molecule has 0 aliphatic carbocycles. The fourth-order valence-corrected chi connectivity index (χ4v) is 5.20. The number of thiazole rings is 1. The number of amides is 2. The molecule has 0 radical (unpaired) electrons. The number of ether oxygens (including phenoxy) is 2. The molecule has 41 heavy (non-hydrogen) atoms. The van der Waals surface area contributed by atoms with Crippen LogP contribution in [0.3, 0.4) is 0 Å². The Hall–Kier alpha value is -5.02. The number of fused-ring (bicyclic) bond motifs is 1. The third-order valence-electron chi connectivity index (χ3n) is 6.17. The summed E-state index contributed by atoms with van der Waals surface area (Å²) in [6.07, 6.45) is 3.03. The fraction of sp³-hybridized carbons (Fsp3) is 0.0938. The number of nitrogens with zero attached hydrogens (tertiary/aromatic N) is 1. The maximum atomic E-state index is 15.2. The van der Waals surface area contributed by atoms with Gasteiger partial charge in [0, 0.05) is 22.7 Å². The molecule has 9 heteroatoms. The second-order valence-corrected chi connectivity index (χ2v) is 10.0. The van der Waals surface area contributed by atoms with Crippen LogP contribution in [0, 0.1) is 12.7 Å². The SMILES string of the molecule is C/C=C/C(=O)Nc1cc2c(Oc3ccc(NC(=O)c4sc(-c5ccccc5)nc4C)cc3F)cccc2cc1OC. The van der Waals surface area contributed by atoms with Crippen molar-refractivity contribution < 1.29 is 23.5 Å². The molecule has 2 amide bonds. The summed E-state index contributed by atoms with van der Waals surface area (Å²) in [4.78, 5) is 30.1. The zero-order chi connectivity index (χ0) is 28.9. The Kier molecular flexibility index (Phi) is 8.07. The molecule has 5 rings (SSSR count). The number of carbonyl (C=O) groups excluding carboxylic acids is 2. The van der Waals surface area contributed by atoms with Gasteiger partial charge in [0.15, 0.2) is 11.6 Å². The highest BCUT2D eigenvalue weighted by atomic mass is 32.1. The Bertz CT molecular complexity index is 1780. The largest absolute Gasteiger partial charge is 0.495 e. The van der Waals surface area contributed by atoms with Gasteiger partial charge in [-0.05, 0) is 55.6 Å². The molecule has 0 bridgehead atoms. The highest BCUT2D eigenvalue weighted by Gasteiger charge is 2.18. The lowest BCUT2D eigenvalue weighted by atomic mass is 10.1. The molecule has 2 N–H and O–H groups in total. The lowest BCUT2D eigenvalue weighted by Crippen LogP contribution is -2.11. The van der Waals surface area contributed by atoms with E-state index >= 15 is 4.39 Å². The van der Waals surface area contributed by atoms with Gasteiger partial charge in [0.2, 0.25) is 5.91 Å². The fourth-order valence-electron chi connectivity index (χ4n) is 4.24. The third kappa shape index (κ3) is 6.10. The predicted octanol–water partition coefficient (Wildman–Crippen LogP) is 7.98. The van der Waals surface area contributed by atoms with E-state index in [2.05, 4.69) is 15.6 Å². The van der Waals surface area contributed by atoms with Crippen molar-refractivity contribution in [1.82, 2.24) is 4.98 Å². The van der Waals surface area contributed by atoms with Crippen LogP contribution < -0.4 is 20.1 Å². The molecule has 0 aliphatic rings. The summed E-state index contributed by atoms with van der Waals surface area (Å²) in [6.45, 7) is 3.52. The van der Waals surface area contributed by atoms with Crippen molar-refractivity contribution in [2.24, 2.45) is 0 Å². The maximum absolute atomic E-state index is 15.2. The molecule has 0 spiro atoms. The van der Waals surface area contributed by atoms with Crippen molar-refractivity contribution in [2.45, 2.75) is 13.8 Å². The molecule has 0 fully saturated rings. The molecule has 7 nitrogen and oxygen atoms in total. The van der Waals surface area contributed by atoms with Crippen molar-refractivity contribution in [3.8, 4) is 27.8 Å². The number of nitrogens with one attached hydrogen (secondary N) is 2. The minimum Gasteiger partial charge on any atom is -0.495 e. The van der Waals surface area contributed by atoms with Crippen LogP contribution in [0.1, 0.15) is 22.3 Å². The van der Waals surface area contributed by atoms with Gasteiger partial charge in [-0.3, -0.25) is 9.59 Å². The number of hydrogen-bond donors (Lipinski definition) is 2. The van der Waals surface area contributed by atoms with E-state index < -0.39 is 5.82 Å². The van der Waals surface area contributed by atoms with Gasteiger partial charge in [-0.15, -0.1) is 11.3 Å². The van der Waals surface area contributed by atoms with E-state index in [1.165, 1.54) is 36.7 Å². The number of carbonyl (C=O) groups is 2. The quantitative estimate of drug-likeness (QED) is 0.186. The highest BCUT2D eigenvalue weighted by Crippen LogP contribution is 2.38. The number of allylic oxidation sites excluding steroid dienone is 1. The summed E-state index contributed by atoms with van der Waals surface area (Å²) in [7, 11) is 1.51. The van der Waals surface area contributed by atoms with Crippen molar-refractivity contribution in [2.75, 3.05) is 17.7 Å². The first-order valence-corrected chi connectivity index (χ1v) is 13.5. The Balaban J connectivity index is 1.37. The van der Waals surface area contributed by atoms with Crippen molar-refractivity contribution in [1.29, 1.82) is 0 Å². The van der Waals surface area contributed by atoms with Gasteiger partial charge in [-0.1, -0.05) is 48.5 Å². The van der Waals surface area contributed by atoms with E-state index in [-0.39, 0.29) is 23.3 Å². The number of rotatable bonds is 8. The number of methoxy groups -OCH3 is 1. The van der Waals surface area contributed by atoms with Crippen LogP contribution in [0.5, 0.6) is 17.2 Å². The summed E-state index contributed by atoms with van der Waals surface area (Å²) < 4.78 is 26.6. The molecular weight excluding hydrogens is 541 g/mol. The molecule has 4 aromatic carbocycles. The van der Waals surface area contributed by atoms with Crippen molar-refractivity contribution in [3.63, 3.8) is 0 Å². The van der Waals surface area contributed by atoms with Gasteiger partial charge in [0.25, 0.3) is 5.91 Å². The Morgan fingerprint density at radius 1 is 0.927 bits per heavy atom. The summed E-state index contributed by atoms with van der Waals surface area (Å²) in [5.74, 6) is -0.489. The van der Waals surface area contributed by atoms with Crippen LogP contribution in [0.2, 0.25) is 0 Å². The Morgan fingerprint density at radius 3 is 2.46 bits per heavy atom. The van der Waals surface area contributed by atoms with E-state index in [1.807, 2.05) is 36.4 Å². The Labute approximate surface area is 240 Å². The van der Waals surface area contributed by atoms with E-state index in [0.717, 1.165) is 16.0 Å². The molecule has 5 aromatic rings. The predicted molar refractivity (Wildman–Crippen MR) is 161 cm³/mol. The number of anilines is 2. The summed E-state index contributed by atoms with van der Waals surface area (Å²) in [6, 6.07) is 22.7. The molecule has 1 aromatic heterocycles. The first-order chi connectivity index (χ1) is 19.9. The molecule has 0 aliphatic heterocycles. The normalized spacial score (nSPS) is 11.0. The monoisotopic (exact) mass is 567 g/mol. The Morgan fingerprint density at radius 2 is 1.73 bits per heavy atom. The van der Waals surface area contributed by atoms with E-state index in [1.54, 1.807) is 50.3 Å². The molecule has 0 saturated heterocycles. The van der Waals surface area contributed by atoms with Crippen molar-refractivity contribution >= 4 is 45.3 Å². The van der Waals surface area contributed by atoms with Crippen LogP contribution in [-0.2, 0) is 4.79 Å². The average Bonchev–Trinajstić information content (AvgIpc) is 3.36. The zero-order valence-electron chi connectivity index (χ0n) is 22.5. The minimum absolute atomic E-state index is 0.0221.